The van der Waals surface area contributed by atoms with Crippen molar-refractivity contribution in [1.82, 2.24) is 10.3 Å². The summed E-state index contributed by atoms with van der Waals surface area (Å²) in [6, 6.07) is 22.6. The van der Waals surface area contributed by atoms with E-state index in [9.17, 15) is 14.0 Å². The number of rotatable bonds is 10. The number of aliphatic carboxylic acids is 1. The first-order chi connectivity index (χ1) is 19.5. The smallest absolute Gasteiger partial charge is 0.305 e. The van der Waals surface area contributed by atoms with E-state index < -0.39 is 5.97 Å². The van der Waals surface area contributed by atoms with E-state index >= 15 is 0 Å². The third-order valence-electron chi connectivity index (χ3n) is 7.34. The molecule has 40 heavy (non-hydrogen) atoms. The van der Waals surface area contributed by atoms with Gasteiger partial charge in [-0.15, -0.1) is 11.3 Å². The molecule has 1 fully saturated rings. The van der Waals surface area contributed by atoms with Crippen LogP contribution in [0, 0.1) is 5.82 Å². The molecule has 1 aromatic heterocycles. The molecule has 0 saturated heterocycles. The Balaban J connectivity index is 1.39. The molecular weight excluding hydrogens is 525 g/mol. The second-order valence-corrected chi connectivity index (χ2v) is 10.9. The number of carbonyl (C=O) groups excluding carboxylic acids is 1. The van der Waals surface area contributed by atoms with Crippen molar-refractivity contribution in [2.24, 2.45) is 0 Å². The van der Waals surface area contributed by atoms with E-state index in [2.05, 4.69) is 34.5 Å². The van der Waals surface area contributed by atoms with Crippen LogP contribution in [-0.2, 0) is 11.3 Å². The Hall–Kier alpha value is -4.04. The van der Waals surface area contributed by atoms with Crippen molar-refractivity contribution < 1.29 is 19.1 Å². The van der Waals surface area contributed by atoms with Crippen molar-refractivity contribution in [3.8, 4) is 11.3 Å². The van der Waals surface area contributed by atoms with E-state index in [4.69, 9.17) is 10.1 Å². The highest BCUT2D eigenvalue weighted by Gasteiger charge is 2.19. The molecule has 3 aromatic carbocycles. The maximum atomic E-state index is 14.5. The molecule has 1 amide bonds. The van der Waals surface area contributed by atoms with E-state index in [1.807, 2.05) is 17.5 Å². The fraction of sp³-hybridized carbons (Fsp3) is 0.281. The number of amides is 1. The summed E-state index contributed by atoms with van der Waals surface area (Å²) in [5.74, 6) is -0.960. The van der Waals surface area contributed by atoms with Gasteiger partial charge in [0.2, 0.25) is 0 Å². The lowest BCUT2D eigenvalue weighted by atomic mass is 9.84. The maximum Gasteiger partial charge on any atom is 0.305 e. The monoisotopic (exact) mass is 557 g/mol. The number of aromatic nitrogens is 1. The first-order valence-corrected chi connectivity index (χ1v) is 14.5. The first-order valence-electron chi connectivity index (χ1n) is 13.6. The van der Waals surface area contributed by atoms with E-state index in [0.29, 0.717) is 29.3 Å². The lowest BCUT2D eigenvalue weighted by Gasteiger charge is -2.25. The molecule has 0 unspecified atom stereocenters. The largest absolute Gasteiger partial charge is 0.481 e. The molecule has 1 heterocycles. The summed E-state index contributed by atoms with van der Waals surface area (Å²) in [6.07, 6.45) is 6.23. The molecule has 206 valence electrons. The van der Waals surface area contributed by atoms with E-state index in [1.54, 1.807) is 30.3 Å². The van der Waals surface area contributed by atoms with Crippen LogP contribution in [0.1, 0.15) is 65.9 Å². The van der Waals surface area contributed by atoms with Crippen molar-refractivity contribution in [3.63, 3.8) is 0 Å². The lowest BCUT2D eigenvalue weighted by molar-refractivity contribution is -0.136. The van der Waals surface area contributed by atoms with Crippen LogP contribution < -0.4 is 10.2 Å². The van der Waals surface area contributed by atoms with Crippen LogP contribution in [0.3, 0.4) is 0 Å². The minimum absolute atomic E-state index is 0.0783. The van der Waals surface area contributed by atoms with Gasteiger partial charge in [0.15, 0.2) is 5.13 Å². The molecule has 5 rings (SSSR count). The van der Waals surface area contributed by atoms with Gasteiger partial charge in [-0.25, -0.2) is 9.37 Å². The second-order valence-electron chi connectivity index (χ2n) is 10.1. The molecule has 0 spiro atoms. The van der Waals surface area contributed by atoms with Crippen molar-refractivity contribution >= 4 is 34.0 Å². The van der Waals surface area contributed by atoms with E-state index in [0.717, 1.165) is 16.4 Å². The van der Waals surface area contributed by atoms with Crippen LogP contribution in [0.5, 0.6) is 0 Å². The molecule has 8 heteroatoms. The van der Waals surface area contributed by atoms with Gasteiger partial charge in [0, 0.05) is 28.7 Å². The first kappa shape index (κ1) is 27.5. The van der Waals surface area contributed by atoms with Gasteiger partial charge in [-0.2, -0.15) is 0 Å². The Kier molecular flexibility index (Phi) is 8.86. The van der Waals surface area contributed by atoms with Gasteiger partial charge in [0.1, 0.15) is 5.82 Å². The number of hydrogen-bond donors (Lipinski definition) is 2. The van der Waals surface area contributed by atoms with Crippen molar-refractivity contribution in [2.45, 2.75) is 51.0 Å². The summed E-state index contributed by atoms with van der Waals surface area (Å²) < 4.78 is 14.5. The number of nitrogens with zero attached hydrogens (tertiary/aromatic N) is 2. The summed E-state index contributed by atoms with van der Waals surface area (Å²) in [5.41, 5.74) is 4.86. The van der Waals surface area contributed by atoms with Crippen molar-refractivity contribution in [1.29, 1.82) is 0 Å². The number of carbonyl (C=O) groups is 2. The minimum Gasteiger partial charge on any atom is -0.481 e. The third-order valence-corrected chi connectivity index (χ3v) is 8.20. The molecule has 0 aliphatic heterocycles. The fourth-order valence-corrected chi connectivity index (χ4v) is 5.99. The molecule has 1 aliphatic rings. The SMILES string of the molecule is O=C(O)CCNC(=O)c1ccc(CN(c2ccc(C3CCCCC3)cc2)c2nc(-c3ccccc3F)cs2)cc1. The number of anilines is 2. The molecule has 0 bridgehead atoms. The van der Waals surface area contributed by atoms with Crippen molar-refractivity contribution in [3.05, 3.63) is 101 Å². The standard InChI is InChI=1S/C32H32FN3O3S/c33-28-9-5-4-8-27(28)29-21-40-32(35-29)36(26-16-14-24(15-17-26)23-6-2-1-3-7-23)20-22-10-12-25(13-11-22)31(39)34-19-18-30(37)38/h4-5,8-17,21,23H,1-3,6-7,18-20H2,(H,34,39)(H,37,38). The summed E-state index contributed by atoms with van der Waals surface area (Å²) in [4.78, 5) is 30.0. The number of carboxylic acid groups (broad SMARTS) is 1. The number of nitrogens with one attached hydrogen (secondary N) is 1. The van der Waals surface area contributed by atoms with E-state index in [1.165, 1.54) is 55.1 Å². The van der Waals surface area contributed by atoms with E-state index in [-0.39, 0.29) is 24.7 Å². The van der Waals surface area contributed by atoms with Gasteiger partial charge >= 0.3 is 5.97 Å². The average Bonchev–Trinajstić information content (AvgIpc) is 3.46. The highest BCUT2D eigenvalue weighted by molar-refractivity contribution is 7.14. The predicted octanol–water partition coefficient (Wildman–Crippen LogP) is 7.54. The Bertz CT molecular complexity index is 1450. The van der Waals surface area contributed by atoms with Gasteiger partial charge < -0.3 is 15.3 Å². The zero-order valence-electron chi connectivity index (χ0n) is 22.2. The molecular formula is C32H32FN3O3S. The Morgan fingerprint density at radius 1 is 0.975 bits per heavy atom. The zero-order chi connectivity index (χ0) is 27.9. The molecule has 0 atom stereocenters. The molecule has 1 saturated carbocycles. The number of carboxylic acids is 1. The van der Waals surface area contributed by atoms with Crippen LogP contribution in [-0.4, -0.2) is 28.5 Å². The quantitative estimate of drug-likeness (QED) is 0.211. The zero-order valence-corrected chi connectivity index (χ0v) is 23.0. The summed E-state index contributed by atoms with van der Waals surface area (Å²) >= 11 is 1.46. The highest BCUT2D eigenvalue weighted by atomic mass is 32.1. The number of benzene rings is 3. The van der Waals surface area contributed by atoms with Crippen LogP contribution in [0.15, 0.2) is 78.2 Å². The van der Waals surface area contributed by atoms with Gasteiger partial charge in [-0.3, -0.25) is 9.59 Å². The molecule has 6 nitrogen and oxygen atoms in total. The number of hydrogen-bond acceptors (Lipinski definition) is 5. The third kappa shape index (κ3) is 6.74. The Morgan fingerprint density at radius 2 is 1.70 bits per heavy atom. The topological polar surface area (TPSA) is 82.5 Å². The average molecular weight is 558 g/mol. The molecule has 2 N–H and O–H groups in total. The van der Waals surface area contributed by atoms with Gasteiger partial charge in [-0.05, 0) is 66.3 Å². The molecule has 1 aliphatic carbocycles. The van der Waals surface area contributed by atoms with Crippen molar-refractivity contribution in [2.75, 3.05) is 11.4 Å². The summed E-state index contributed by atoms with van der Waals surface area (Å²) in [5, 5.41) is 14.0. The summed E-state index contributed by atoms with van der Waals surface area (Å²) in [6.45, 7) is 0.586. The Morgan fingerprint density at radius 3 is 2.40 bits per heavy atom. The van der Waals surface area contributed by atoms with Gasteiger partial charge in [0.05, 0.1) is 18.7 Å². The van der Waals surface area contributed by atoms with Crippen LogP contribution in [0.2, 0.25) is 0 Å². The Labute approximate surface area is 237 Å². The lowest BCUT2D eigenvalue weighted by Crippen LogP contribution is -2.26. The number of halogens is 1. The van der Waals surface area contributed by atoms with Crippen LogP contribution in [0.4, 0.5) is 15.2 Å². The number of thiazole rings is 1. The molecule has 4 aromatic rings. The van der Waals surface area contributed by atoms with Crippen LogP contribution >= 0.6 is 11.3 Å². The predicted molar refractivity (Wildman–Crippen MR) is 157 cm³/mol. The van der Waals surface area contributed by atoms with Gasteiger partial charge in [0.25, 0.3) is 5.91 Å². The minimum atomic E-state index is -0.956. The maximum absolute atomic E-state index is 14.5. The normalized spacial score (nSPS) is 13.6. The highest BCUT2D eigenvalue weighted by Crippen LogP contribution is 2.37. The second kappa shape index (κ2) is 12.9. The van der Waals surface area contributed by atoms with Gasteiger partial charge in [-0.1, -0.05) is 55.7 Å². The van der Waals surface area contributed by atoms with Crippen LogP contribution in [0.25, 0.3) is 11.3 Å². The summed E-state index contributed by atoms with van der Waals surface area (Å²) in [7, 11) is 0. The fourth-order valence-electron chi connectivity index (χ4n) is 5.14. The molecule has 0 radical (unpaired) electrons.